The number of hydrogen-bond donors (Lipinski definition) is 3. The van der Waals surface area contributed by atoms with Gasteiger partial charge in [0.15, 0.2) is 0 Å². The fraction of sp³-hybridized carbons (Fsp3) is 0.846. The quantitative estimate of drug-likeness (QED) is 0.655. The van der Waals surface area contributed by atoms with Crippen molar-refractivity contribution in [2.75, 3.05) is 6.54 Å². The predicted octanol–water partition coefficient (Wildman–Crippen LogP) is 2.22. The number of carbonyl (C=O) groups is 2. The molecule has 5 heteroatoms. The highest BCUT2D eigenvalue weighted by molar-refractivity contribution is 5.77. The molecule has 106 valence electrons. The second-order valence-corrected chi connectivity index (χ2v) is 5.38. The largest absolute Gasteiger partial charge is 0.481 e. The van der Waals surface area contributed by atoms with Gasteiger partial charge < -0.3 is 15.7 Å². The molecule has 0 aliphatic rings. The third kappa shape index (κ3) is 5.38. The van der Waals surface area contributed by atoms with Crippen molar-refractivity contribution in [3.63, 3.8) is 0 Å². The molecule has 0 aromatic heterocycles. The maximum atomic E-state index is 11.6. The van der Waals surface area contributed by atoms with E-state index in [1.54, 1.807) is 13.8 Å². The summed E-state index contributed by atoms with van der Waals surface area (Å²) >= 11 is 0. The van der Waals surface area contributed by atoms with Gasteiger partial charge in [-0.25, -0.2) is 4.79 Å². The predicted molar refractivity (Wildman–Crippen MR) is 71.5 cm³/mol. The first-order chi connectivity index (χ1) is 8.24. The SMILES string of the molecule is CCC(CC)C(C)NC(=O)NCC(C)(C)C(=O)O. The molecule has 0 saturated carbocycles. The molecule has 0 rings (SSSR count). The summed E-state index contributed by atoms with van der Waals surface area (Å²) in [4.78, 5) is 22.5. The first kappa shape index (κ1) is 16.7. The number of hydrogen-bond acceptors (Lipinski definition) is 2. The van der Waals surface area contributed by atoms with E-state index in [9.17, 15) is 9.59 Å². The molecule has 2 amide bonds. The van der Waals surface area contributed by atoms with Crippen LogP contribution in [0.2, 0.25) is 0 Å². The number of carboxylic acid groups (broad SMARTS) is 1. The summed E-state index contributed by atoms with van der Waals surface area (Å²) in [5.41, 5.74) is -0.949. The van der Waals surface area contributed by atoms with E-state index in [4.69, 9.17) is 5.11 Å². The van der Waals surface area contributed by atoms with Gasteiger partial charge in [-0.3, -0.25) is 4.79 Å². The fourth-order valence-corrected chi connectivity index (χ4v) is 1.75. The van der Waals surface area contributed by atoms with Crippen molar-refractivity contribution in [3.05, 3.63) is 0 Å². The van der Waals surface area contributed by atoms with Crippen molar-refractivity contribution in [2.24, 2.45) is 11.3 Å². The van der Waals surface area contributed by atoms with Gasteiger partial charge >= 0.3 is 12.0 Å². The Morgan fingerprint density at radius 3 is 2.11 bits per heavy atom. The highest BCUT2D eigenvalue weighted by Crippen LogP contribution is 2.14. The van der Waals surface area contributed by atoms with Gasteiger partial charge in [0.25, 0.3) is 0 Å². The van der Waals surface area contributed by atoms with Crippen molar-refractivity contribution in [3.8, 4) is 0 Å². The Kier molecular flexibility index (Phi) is 6.73. The lowest BCUT2D eigenvalue weighted by molar-refractivity contribution is -0.146. The molecule has 3 N–H and O–H groups in total. The standard InChI is InChI=1S/C13H26N2O3/c1-6-10(7-2)9(3)15-12(18)14-8-13(4,5)11(16)17/h9-10H,6-8H2,1-5H3,(H,16,17)(H2,14,15,18). The molecule has 0 saturated heterocycles. The summed E-state index contributed by atoms with van der Waals surface area (Å²) in [7, 11) is 0. The summed E-state index contributed by atoms with van der Waals surface area (Å²) in [6.07, 6.45) is 2.02. The minimum atomic E-state index is -0.949. The Labute approximate surface area is 109 Å². The van der Waals surface area contributed by atoms with E-state index in [0.717, 1.165) is 12.8 Å². The zero-order chi connectivity index (χ0) is 14.3. The van der Waals surface area contributed by atoms with Gasteiger partial charge in [-0.15, -0.1) is 0 Å². The van der Waals surface area contributed by atoms with E-state index in [-0.39, 0.29) is 18.6 Å². The van der Waals surface area contributed by atoms with Gasteiger partial charge in [0.2, 0.25) is 0 Å². The van der Waals surface area contributed by atoms with E-state index >= 15 is 0 Å². The van der Waals surface area contributed by atoms with Crippen LogP contribution in [0, 0.1) is 11.3 Å². The van der Waals surface area contributed by atoms with Gasteiger partial charge in [0.1, 0.15) is 0 Å². The smallest absolute Gasteiger partial charge is 0.315 e. The maximum Gasteiger partial charge on any atom is 0.315 e. The Balaban J connectivity index is 4.16. The lowest BCUT2D eigenvalue weighted by atomic mass is 9.94. The van der Waals surface area contributed by atoms with Crippen molar-refractivity contribution in [2.45, 2.75) is 53.5 Å². The van der Waals surface area contributed by atoms with Crippen LogP contribution < -0.4 is 10.6 Å². The Morgan fingerprint density at radius 1 is 1.22 bits per heavy atom. The van der Waals surface area contributed by atoms with Gasteiger partial charge in [-0.05, 0) is 26.7 Å². The van der Waals surface area contributed by atoms with Gasteiger partial charge in [-0.2, -0.15) is 0 Å². The molecule has 1 atom stereocenters. The highest BCUT2D eigenvalue weighted by atomic mass is 16.4. The van der Waals surface area contributed by atoms with Crippen LogP contribution in [-0.4, -0.2) is 29.7 Å². The minimum Gasteiger partial charge on any atom is -0.481 e. The van der Waals surface area contributed by atoms with Gasteiger partial charge in [0, 0.05) is 12.6 Å². The zero-order valence-corrected chi connectivity index (χ0v) is 12.0. The molecule has 0 aliphatic carbocycles. The zero-order valence-electron chi connectivity index (χ0n) is 12.0. The van der Waals surface area contributed by atoms with Crippen LogP contribution in [0.3, 0.4) is 0 Å². The molecule has 0 aromatic rings. The molecule has 18 heavy (non-hydrogen) atoms. The number of amides is 2. The average molecular weight is 258 g/mol. The van der Waals surface area contributed by atoms with E-state index in [1.807, 2.05) is 6.92 Å². The molecule has 0 fully saturated rings. The van der Waals surface area contributed by atoms with E-state index < -0.39 is 11.4 Å². The van der Waals surface area contributed by atoms with E-state index in [2.05, 4.69) is 24.5 Å². The third-order valence-corrected chi connectivity index (χ3v) is 3.38. The lowest BCUT2D eigenvalue weighted by Crippen LogP contribution is -2.47. The van der Waals surface area contributed by atoms with Crippen molar-refractivity contribution >= 4 is 12.0 Å². The highest BCUT2D eigenvalue weighted by Gasteiger charge is 2.27. The summed E-state index contributed by atoms with van der Waals surface area (Å²) in [6, 6.07) is -0.211. The van der Waals surface area contributed by atoms with Gasteiger partial charge in [-0.1, -0.05) is 26.7 Å². The molecule has 0 bridgehead atoms. The van der Waals surface area contributed by atoms with Crippen molar-refractivity contribution < 1.29 is 14.7 Å². The molecular weight excluding hydrogens is 232 g/mol. The van der Waals surface area contributed by atoms with Crippen LogP contribution in [0.15, 0.2) is 0 Å². The van der Waals surface area contributed by atoms with E-state index in [0.29, 0.717) is 5.92 Å². The number of rotatable bonds is 7. The minimum absolute atomic E-state index is 0.0907. The van der Waals surface area contributed by atoms with Gasteiger partial charge in [0.05, 0.1) is 5.41 Å². The summed E-state index contributed by atoms with van der Waals surface area (Å²) in [6.45, 7) is 9.44. The van der Waals surface area contributed by atoms with Crippen LogP contribution in [-0.2, 0) is 4.79 Å². The van der Waals surface area contributed by atoms with Crippen LogP contribution in [0.25, 0.3) is 0 Å². The van der Waals surface area contributed by atoms with Crippen LogP contribution in [0.4, 0.5) is 4.79 Å². The lowest BCUT2D eigenvalue weighted by Gasteiger charge is -2.24. The van der Waals surface area contributed by atoms with Crippen molar-refractivity contribution in [1.82, 2.24) is 10.6 Å². The summed E-state index contributed by atoms with van der Waals surface area (Å²) in [5.74, 6) is -0.473. The molecular formula is C13H26N2O3. The molecule has 0 heterocycles. The Morgan fingerprint density at radius 2 is 1.72 bits per heavy atom. The Hall–Kier alpha value is -1.26. The van der Waals surface area contributed by atoms with Crippen LogP contribution in [0.5, 0.6) is 0 Å². The molecule has 0 radical (unpaired) electrons. The summed E-state index contributed by atoms with van der Waals surface area (Å²) < 4.78 is 0. The molecule has 0 aliphatic heterocycles. The molecule has 1 unspecified atom stereocenters. The first-order valence-corrected chi connectivity index (χ1v) is 6.52. The topological polar surface area (TPSA) is 78.4 Å². The number of carbonyl (C=O) groups excluding carboxylic acids is 1. The second kappa shape index (κ2) is 7.24. The fourth-order valence-electron chi connectivity index (χ4n) is 1.75. The summed E-state index contributed by atoms with van der Waals surface area (Å²) in [5, 5.41) is 14.4. The number of nitrogens with one attached hydrogen (secondary N) is 2. The average Bonchev–Trinajstić information content (AvgIpc) is 2.28. The monoisotopic (exact) mass is 258 g/mol. The second-order valence-electron chi connectivity index (χ2n) is 5.38. The van der Waals surface area contributed by atoms with Crippen LogP contribution >= 0.6 is 0 Å². The molecule has 0 aromatic carbocycles. The number of aliphatic carboxylic acids is 1. The van der Waals surface area contributed by atoms with Crippen molar-refractivity contribution in [1.29, 1.82) is 0 Å². The Bertz CT molecular complexity index is 286. The van der Waals surface area contributed by atoms with Crippen LogP contribution in [0.1, 0.15) is 47.5 Å². The normalized spacial score (nSPS) is 13.2. The van der Waals surface area contributed by atoms with E-state index in [1.165, 1.54) is 0 Å². The molecule has 5 nitrogen and oxygen atoms in total. The third-order valence-electron chi connectivity index (χ3n) is 3.38. The first-order valence-electron chi connectivity index (χ1n) is 6.52. The number of carboxylic acids is 1. The maximum absolute atomic E-state index is 11.6. The number of urea groups is 1. The molecule has 0 spiro atoms.